The van der Waals surface area contributed by atoms with Crippen LogP contribution in [-0.2, 0) is 6.18 Å². The summed E-state index contributed by atoms with van der Waals surface area (Å²) in [6, 6.07) is 2.49. The summed E-state index contributed by atoms with van der Waals surface area (Å²) in [6.07, 6.45) is -4.64. The second-order valence-corrected chi connectivity index (χ2v) is 6.99. The lowest BCUT2D eigenvalue weighted by atomic mass is 10.1. The van der Waals surface area contributed by atoms with E-state index in [-0.39, 0.29) is 10.3 Å². The molecule has 0 aliphatic rings. The first-order chi connectivity index (χ1) is 9.40. The molecular formula is C13H15F3N2O2S. The summed E-state index contributed by atoms with van der Waals surface area (Å²) in [6.45, 7) is 7.24. The lowest BCUT2D eigenvalue weighted by Gasteiger charge is -2.14. The van der Waals surface area contributed by atoms with E-state index in [2.05, 4.69) is 4.40 Å². The van der Waals surface area contributed by atoms with Crippen molar-refractivity contribution in [2.75, 3.05) is 0 Å². The van der Waals surface area contributed by atoms with Gasteiger partial charge < -0.3 is 0 Å². The van der Waals surface area contributed by atoms with Gasteiger partial charge in [-0.3, -0.25) is 10.1 Å². The third kappa shape index (κ3) is 5.37. The summed E-state index contributed by atoms with van der Waals surface area (Å²) >= 11 is 1.20. The van der Waals surface area contributed by atoms with E-state index in [9.17, 15) is 23.3 Å². The zero-order chi connectivity index (χ0) is 16.4. The van der Waals surface area contributed by atoms with Crippen molar-refractivity contribution < 1.29 is 18.1 Å². The van der Waals surface area contributed by atoms with Gasteiger partial charge in [-0.2, -0.15) is 13.2 Å². The molecule has 0 saturated heterocycles. The molecule has 0 amide bonds. The van der Waals surface area contributed by atoms with Crippen molar-refractivity contribution in [3.8, 4) is 0 Å². The summed E-state index contributed by atoms with van der Waals surface area (Å²) in [5, 5.41) is 10.8. The topological polar surface area (TPSA) is 55.5 Å². The van der Waals surface area contributed by atoms with Crippen LogP contribution in [0.3, 0.4) is 0 Å². The number of nitro groups is 1. The Bertz CT molecular complexity index is 578. The predicted molar refractivity (Wildman–Crippen MR) is 77.7 cm³/mol. The van der Waals surface area contributed by atoms with Crippen molar-refractivity contribution >= 4 is 23.3 Å². The second-order valence-electron chi connectivity index (χ2n) is 5.40. The number of hydrogen-bond donors (Lipinski definition) is 0. The first-order valence-corrected chi connectivity index (χ1v) is 6.77. The van der Waals surface area contributed by atoms with E-state index in [0.717, 1.165) is 12.1 Å². The summed E-state index contributed by atoms with van der Waals surface area (Å²) < 4.78 is 42.3. The number of hydrogen-bond acceptors (Lipinski definition) is 4. The average molecular weight is 320 g/mol. The Kier molecular flexibility index (Phi) is 5.03. The van der Waals surface area contributed by atoms with Gasteiger partial charge in [0.05, 0.1) is 16.2 Å². The molecule has 0 heterocycles. The number of rotatable bonds is 3. The van der Waals surface area contributed by atoms with Gasteiger partial charge in [0, 0.05) is 22.4 Å². The van der Waals surface area contributed by atoms with Crippen LogP contribution >= 0.6 is 11.9 Å². The van der Waals surface area contributed by atoms with Gasteiger partial charge in [-0.05, 0) is 45.7 Å². The van der Waals surface area contributed by atoms with E-state index in [1.807, 2.05) is 20.8 Å². The van der Waals surface area contributed by atoms with E-state index in [1.165, 1.54) is 18.9 Å². The Balaban J connectivity index is 3.29. The Hall–Kier alpha value is -1.57. The van der Waals surface area contributed by atoms with Crippen LogP contribution < -0.4 is 0 Å². The normalized spacial score (nSPS) is 13.4. The first kappa shape index (κ1) is 17.5. The lowest BCUT2D eigenvalue weighted by Crippen LogP contribution is -2.09. The molecular weight excluding hydrogens is 305 g/mol. The van der Waals surface area contributed by atoms with Gasteiger partial charge >= 0.3 is 6.18 Å². The predicted octanol–water partition coefficient (Wildman–Crippen LogP) is 4.87. The SMILES string of the molecule is C/C(=N\SC(C)(C)C)c1cc([N+](=O)[O-])cc(C(F)(F)F)c1. The molecule has 116 valence electrons. The third-order valence-corrected chi connectivity index (χ3v) is 3.24. The molecule has 1 aromatic carbocycles. The molecule has 0 fully saturated rings. The number of nitro benzene ring substituents is 1. The van der Waals surface area contributed by atoms with Gasteiger partial charge in [0.25, 0.3) is 5.69 Å². The molecule has 1 rings (SSSR count). The molecule has 1 aromatic rings. The Morgan fingerprint density at radius 3 is 2.24 bits per heavy atom. The molecule has 0 bridgehead atoms. The molecule has 0 saturated carbocycles. The van der Waals surface area contributed by atoms with Crippen molar-refractivity contribution in [1.29, 1.82) is 0 Å². The average Bonchev–Trinajstić information content (AvgIpc) is 2.33. The zero-order valence-corrected chi connectivity index (χ0v) is 12.8. The van der Waals surface area contributed by atoms with Crippen molar-refractivity contribution in [2.45, 2.75) is 38.6 Å². The van der Waals surface area contributed by atoms with Crippen LogP contribution in [0.5, 0.6) is 0 Å². The number of nitrogens with zero attached hydrogens (tertiary/aromatic N) is 2. The van der Waals surface area contributed by atoms with Crippen molar-refractivity contribution in [3.63, 3.8) is 0 Å². The standard InChI is InChI=1S/C13H15F3N2O2S/c1-8(17-21-12(2,3)4)9-5-10(13(14,15)16)7-11(6-9)18(19)20/h5-7H,1-4H3/b17-8+. The maximum Gasteiger partial charge on any atom is 0.416 e. The van der Waals surface area contributed by atoms with Crippen molar-refractivity contribution in [3.05, 3.63) is 39.4 Å². The quantitative estimate of drug-likeness (QED) is 0.345. The monoisotopic (exact) mass is 320 g/mol. The van der Waals surface area contributed by atoms with Gasteiger partial charge in [-0.25, -0.2) is 4.40 Å². The second kappa shape index (κ2) is 6.05. The highest BCUT2D eigenvalue weighted by Gasteiger charge is 2.33. The maximum absolute atomic E-state index is 12.8. The van der Waals surface area contributed by atoms with Crippen LogP contribution in [0, 0.1) is 10.1 Å². The van der Waals surface area contributed by atoms with E-state index < -0.39 is 22.4 Å². The number of non-ortho nitro benzene ring substituents is 1. The summed E-state index contributed by atoms with van der Waals surface area (Å²) in [7, 11) is 0. The van der Waals surface area contributed by atoms with Crippen molar-refractivity contribution in [1.82, 2.24) is 0 Å². The molecule has 0 aliphatic heterocycles. The van der Waals surface area contributed by atoms with Crippen LogP contribution in [-0.4, -0.2) is 15.4 Å². The minimum Gasteiger partial charge on any atom is -0.258 e. The van der Waals surface area contributed by atoms with Gasteiger partial charge in [-0.15, -0.1) is 0 Å². The van der Waals surface area contributed by atoms with Crippen molar-refractivity contribution in [2.24, 2.45) is 4.40 Å². The fraction of sp³-hybridized carbons (Fsp3) is 0.462. The van der Waals surface area contributed by atoms with Crippen LogP contribution in [0.25, 0.3) is 0 Å². The number of halogens is 3. The number of benzene rings is 1. The van der Waals surface area contributed by atoms with E-state index in [4.69, 9.17) is 0 Å². The molecule has 0 atom stereocenters. The highest BCUT2D eigenvalue weighted by Crippen LogP contribution is 2.33. The van der Waals surface area contributed by atoms with Gasteiger partial charge in [0.2, 0.25) is 0 Å². The molecule has 0 radical (unpaired) electrons. The molecule has 0 aromatic heterocycles. The van der Waals surface area contributed by atoms with Crippen LogP contribution in [0.15, 0.2) is 22.6 Å². The van der Waals surface area contributed by atoms with Gasteiger partial charge in [0.15, 0.2) is 0 Å². The zero-order valence-electron chi connectivity index (χ0n) is 12.0. The molecule has 0 spiro atoms. The Morgan fingerprint density at radius 1 is 1.24 bits per heavy atom. The fourth-order valence-electron chi connectivity index (χ4n) is 1.35. The largest absolute Gasteiger partial charge is 0.416 e. The minimum absolute atomic E-state index is 0.0910. The highest BCUT2D eigenvalue weighted by molar-refractivity contribution is 7.99. The van der Waals surface area contributed by atoms with E-state index >= 15 is 0 Å². The molecule has 8 heteroatoms. The Labute approximate surface area is 124 Å². The minimum atomic E-state index is -4.64. The highest BCUT2D eigenvalue weighted by atomic mass is 32.2. The molecule has 0 N–H and O–H groups in total. The fourth-order valence-corrected chi connectivity index (χ4v) is 1.86. The van der Waals surface area contributed by atoms with Gasteiger partial charge in [-0.1, -0.05) is 0 Å². The molecule has 0 aliphatic carbocycles. The van der Waals surface area contributed by atoms with E-state index in [0.29, 0.717) is 11.8 Å². The van der Waals surface area contributed by atoms with Crippen LogP contribution in [0.4, 0.5) is 18.9 Å². The first-order valence-electron chi connectivity index (χ1n) is 6.00. The van der Waals surface area contributed by atoms with Crippen LogP contribution in [0.1, 0.15) is 38.8 Å². The number of alkyl halides is 3. The summed E-state index contributed by atoms with van der Waals surface area (Å²) in [4.78, 5) is 9.92. The Morgan fingerprint density at radius 2 is 1.81 bits per heavy atom. The molecule has 0 unspecified atom stereocenters. The van der Waals surface area contributed by atoms with E-state index in [1.54, 1.807) is 0 Å². The third-order valence-electron chi connectivity index (χ3n) is 2.33. The summed E-state index contributed by atoms with van der Waals surface area (Å²) in [5.74, 6) is 0. The molecule has 21 heavy (non-hydrogen) atoms. The summed E-state index contributed by atoms with van der Waals surface area (Å²) in [5.41, 5.74) is -1.26. The van der Waals surface area contributed by atoms with Crippen LogP contribution in [0.2, 0.25) is 0 Å². The molecule has 4 nitrogen and oxygen atoms in total. The smallest absolute Gasteiger partial charge is 0.258 e. The van der Waals surface area contributed by atoms with Gasteiger partial charge in [0.1, 0.15) is 0 Å². The maximum atomic E-state index is 12.8. The lowest BCUT2D eigenvalue weighted by molar-refractivity contribution is -0.385.